The Bertz CT molecular complexity index is 1150. The highest BCUT2D eigenvalue weighted by Crippen LogP contribution is 2.41. The monoisotopic (exact) mass is 599 g/mol. The Morgan fingerprint density at radius 2 is 1.97 bits per heavy atom. The Balaban J connectivity index is 1.51. The summed E-state index contributed by atoms with van der Waals surface area (Å²) in [6.07, 6.45) is 1.02. The van der Waals surface area contributed by atoms with Crippen LogP contribution >= 0.6 is 39.3 Å². The van der Waals surface area contributed by atoms with E-state index >= 15 is 0 Å². The minimum Gasteiger partial charge on any atom is -0.481 e. The Hall–Kier alpha value is -2.31. The van der Waals surface area contributed by atoms with Crippen LogP contribution in [0.25, 0.3) is 0 Å². The predicted molar refractivity (Wildman–Crippen MR) is 142 cm³/mol. The quantitative estimate of drug-likeness (QED) is 0.249. The van der Waals surface area contributed by atoms with Gasteiger partial charge in [0.25, 0.3) is 0 Å². The van der Waals surface area contributed by atoms with Gasteiger partial charge in [-0.05, 0) is 48.3 Å². The minimum absolute atomic E-state index is 0.0205. The van der Waals surface area contributed by atoms with Crippen LogP contribution in [0.15, 0.2) is 22.9 Å². The molecular formula is C23H27BrClN5O5S. The zero-order valence-corrected chi connectivity index (χ0v) is 23.4. The van der Waals surface area contributed by atoms with Gasteiger partial charge >= 0.3 is 11.8 Å². The number of aromatic nitrogens is 2. The summed E-state index contributed by atoms with van der Waals surface area (Å²) < 4.78 is 11.8. The lowest BCUT2D eigenvalue weighted by Gasteiger charge is -2.40. The summed E-state index contributed by atoms with van der Waals surface area (Å²) in [5, 5.41) is 12.2. The number of halogens is 2. The first kappa shape index (κ1) is 26.7. The molecule has 0 N–H and O–H groups in total. The largest absolute Gasteiger partial charge is 0.481 e. The number of carbonyl (C=O) groups is 1. The van der Waals surface area contributed by atoms with Gasteiger partial charge in [0.2, 0.25) is 5.75 Å². The molecule has 1 amide bonds. The molecular weight excluding hydrogens is 574 g/mol. The van der Waals surface area contributed by atoms with Gasteiger partial charge in [-0.1, -0.05) is 11.6 Å². The summed E-state index contributed by atoms with van der Waals surface area (Å²) in [6, 6.07) is 3.30. The molecule has 2 saturated heterocycles. The van der Waals surface area contributed by atoms with Crippen molar-refractivity contribution in [3.05, 3.63) is 49.3 Å². The molecule has 0 aliphatic carbocycles. The van der Waals surface area contributed by atoms with Crippen molar-refractivity contribution in [1.29, 1.82) is 0 Å². The molecule has 194 valence electrons. The Labute approximate surface area is 227 Å². The lowest BCUT2D eigenvalue weighted by atomic mass is 9.91. The number of amides is 1. The fourth-order valence-corrected chi connectivity index (χ4v) is 5.64. The van der Waals surface area contributed by atoms with Crippen LogP contribution in [0.1, 0.15) is 37.8 Å². The molecule has 0 radical (unpaired) electrons. The van der Waals surface area contributed by atoms with Crippen molar-refractivity contribution in [2.24, 2.45) is 0 Å². The molecule has 2 aliphatic rings. The van der Waals surface area contributed by atoms with E-state index in [0.717, 1.165) is 30.2 Å². The molecule has 1 aromatic heterocycles. The number of anilines is 1. The second kappa shape index (κ2) is 11.0. The maximum atomic E-state index is 12.2. The van der Waals surface area contributed by atoms with E-state index in [4.69, 9.17) is 21.1 Å². The first-order valence-corrected chi connectivity index (χ1v) is 13.8. The van der Waals surface area contributed by atoms with Gasteiger partial charge in [0.05, 0.1) is 15.0 Å². The minimum atomic E-state index is -0.581. The number of nitro groups is 1. The van der Waals surface area contributed by atoms with E-state index in [1.807, 2.05) is 32.5 Å². The average Bonchev–Trinajstić information content (AvgIpc) is 2.77. The molecule has 3 heterocycles. The topological polar surface area (TPSA) is 111 Å². The van der Waals surface area contributed by atoms with E-state index in [0.29, 0.717) is 28.9 Å². The fraction of sp³-hybridized carbons (Fsp3) is 0.522. The molecule has 0 atom stereocenters. The summed E-state index contributed by atoms with van der Waals surface area (Å²) in [7, 11) is 0. The van der Waals surface area contributed by atoms with Gasteiger partial charge in [-0.3, -0.25) is 10.1 Å². The molecule has 1 aromatic carbocycles. The molecule has 2 fully saturated rings. The van der Waals surface area contributed by atoms with Crippen molar-refractivity contribution < 1.29 is 19.2 Å². The van der Waals surface area contributed by atoms with E-state index in [2.05, 4.69) is 30.8 Å². The second-order valence-electron chi connectivity index (χ2n) is 9.55. The van der Waals surface area contributed by atoms with Crippen molar-refractivity contribution in [1.82, 2.24) is 14.9 Å². The van der Waals surface area contributed by atoms with Crippen LogP contribution in [-0.2, 0) is 11.3 Å². The first-order valence-electron chi connectivity index (χ1n) is 11.4. The Kier molecular flexibility index (Phi) is 8.15. The van der Waals surface area contributed by atoms with E-state index in [9.17, 15) is 14.9 Å². The number of rotatable bonds is 6. The van der Waals surface area contributed by atoms with Gasteiger partial charge in [-0.2, -0.15) is 11.8 Å². The van der Waals surface area contributed by atoms with Gasteiger partial charge in [0.1, 0.15) is 29.5 Å². The lowest BCUT2D eigenvalue weighted by molar-refractivity contribution is -0.386. The molecule has 4 rings (SSSR count). The highest BCUT2D eigenvalue weighted by molar-refractivity contribution is 9.10. The highest BCUT2D eigenvalue weighted by atomic mass is 79.9. The average molecular weight is 601 g/mol. The van der Waals surface area contributed by atoms with Crippen molar-refractivity contribution in [2.75, 3.05) is 42.6 Å². The summed E-state index contributed by atoms with van der Waals surface area (Å²) in [5.74, 6) is 2.71. The van der Waals surface area contributed by atoms with Gasteiger partial charge < -0.3 is 19.3 Å². The van der Waals surface area contributed by atoms with E-state index in [-0.39, 0.29) is 29.1 Å². The molecule has 13 heteroatoms. The predicted octanol–water partition coefficient (Wildman–Crippen LogP) is 5.27. The van der Waals surface area contributed by atoms with E-state index in [1.54, 1.807) is 11.0 Å². The van der Waals surface area contributed by atoms with Gasteiger partial charge in [0.15, 0.2) is 0 Å². The number of carbonyl (C=O) groups excluding carboxylic acids is 1. The third kappa shape index (κ3) is 6.15. The standard InChI is InChI=1S/C23H27BrClN5O5S/c1-23(2,3)35-22(31)29-10-15(11-29)14-8-17(24)19(18(9-14)30(32)33)34-12-16-20(25)26-13-27-21(16)28-4-6-36-7-5-28/h8-9,13,15H,4-7,10-12H2,1-3H3. The van der Waals surface area contributed by atoms with Crippen LogP contribution < -0.4 is 9.64 Å². The Morgan fingerprint density at radius 1 is 1.28 bits per heavy atom. The molecule has 2 aliphatic heterocycles. The molecule has 0 spiro atoms. The summed E-state index contributed by atoms with van der Waals surface area (Å²) >= 11 is 11.7. The number of hydrogen-bond acceptors (Lipinski definition) is 9. The number of benzene rings is 1. The fourth-order valence-electron chi connectivity index (χ4n) is 3.98. The molecule has 2 aromatic rings. The highest BCUT2D eigenvalue weighted by Gasteiger charge is 2.36. The van der Waals surface area contributed by atoms with Crippen molar-refractivity contribution in [3.63, 3.8) is 0 Å². The number of nitrogens with zero attached hydrogens (tertiary/aromatic N) is 5. The van der Waals surface area contributed by atoms with Crippen molar-refractivity contribution >= 4 is 56.9 Å². The van der Waals surface area contributed by atoms with E-state index in [1.165, 1.54) is 12.4 Å². The van der Waals surface area contributed by atoms with Gasteiger partial charge in [-0.15, -0.1) is 0 Å². The van der Waals surface area contributed by atoms with E-state index < -0.39 is 16.6 Å². The summed E-state index contributed by atoms with van der Waals surface area (Å²) in [6.45, 7) is 7.91. The van der Waals surface area contributed by atoms with Crippen LogP contribution in [0.4, 0.5) is 16.3 Å². The SMILES string of the molecule is CC(C)(C)OC(=O)N1CC(c2cc(Br)c(OCc3c(Cl)ncnc3N3CCSCC3)c([N+](=O)[O-])c2)C1. The zero-order chi connectivity index (χ0) is 26.0. The third-order valence-corrected chi connectivity index (χ3v) is 7.65. The zero-order valence-electron chi connectivity index (χ0n) is 20.2. The number of hydrogen-bond donors (Lipinski definition) is 0. The van der Waals surface area contributed by atoms with Crippen LogP contribution in [0.5, 0.6) is 5.75 Å². The van der Waals surface area contributed by atoms with Crippen LogP contribution in [0.2, 0.25) is 5.15 Å². The number of ether oxygens (including phenoxy) is 2. The van der Waals surface area contributed by atoms with Crippen molar-refractivity contribution in [3.8, 4) is 5.75 Å². The second-order valence-corrected chi connectivity index (χ2v) is 12.0. The smallest absolute Gasteiger partial charge is 0.410 e. The molecule has 0 unspecified atom stereocenters. The molecule has 0 bridgehead atoms. The normalized spacial score (nSPS) is 16.5. The maximum Gasteiger partial charge on any atom is 0.410 e. The summed E-state index contributed by atoms with van der Waals surface area (Å²) in [5.41, 5.74) is 0.582. The number of thioether (sulfide) groups is 1. The Morgan fingerprint density at radius 3 is 2.61 bits per heavy atom. The van der Waals surface area contributed by atoms with Crippen molar-refractivity contribution in [2.45, 2.75) is 38.9 Å². The number of likely N-dealkylation sites (tertiary alicyclic amines) is 1. The molecule has 0 saturated carbocycles. The summed E-state index contributed by atoms with van der Waals surface area (Å²) in [4.78, 5) is 35.9. The molecule has 10 nitrogen and oxygen atoms in total. The van der Waals surface area contributed by atoms with Gasteiger partial charge in [0, 0.05) is 49.7 Å². The molecule has 36 heavy (non-hydrogen) atoms. The maximum absolute atomic E-state index is 12.2. The number of nitro benzene ring substituents is 1. The first-order chi connectivity index (χ1) is 17.0. The van der Waals surface area contributed by atoms with Crippen LogP contribution in [-0.4, -0.2) is 69.2 Å². The lowest BCUT2D eigenvalue weighted by Crippen LogP contribution is -2.50. The third-order valence-electron chi connectivity index (χ3n) is 5.79. The van der Waals surface area contributed by atoms with Crippen LogP contribution in [0, 0.1) is 10.1 Å². The van der Waals surface area contributed by atoms with Gasteiger partial charge in [-0.25, -0.2) is 14.8 Å². The van der Waals surface area contributed by atoms with Crippen LogP contribution in [0.3, 0.4) is 0 Å².